The molecule has 0 radical (unpaired) electrons. The van der Waals surface area contributed by atoms with Crippen LogP contribution < -0.4 is 0 Å². The molecule has 2 atom stereocenters. The number of hydrogen-bond acceptors (Lipinski definition) is 2. The van der Waals surface area contributed by atoms with E-state index in [0.29, 0.717) is 0 Å². The fourth-order valence-corrected chi connectivity index (χ4v) is 4.73. The monoisotopic (exact) mass is 284 g/mol. The molecule has 2 aliphatic rings. The van der Waals surface area contributed by atoms with Crippen LogP contribution in [0.5, 0.6) is 0 Å². The molecule has 1 unspecified atom stereocenters. The summed E-state index contributed by atoms with van der Waals surface area (Å²) in [7, 11) is 2.19. The Kier molecular flexibility index (Phi) is 2.92. The molecule has 2 aliphatic heterocycles. The van der Waals surface area contributed by atoms with Gasteiger partial charge in [0.2, 0.25) is 0 Å². The van der Waals surface area contributed by atoms with Crippen molar-refractivity contribution >= 4 is 10.9 Å². The second-order valence-electron chi connectivity index (χ2n) is 6.89. The van der Waals surface area contributed by atoms with E-state index in [9.17, 15) is 5.11 Å². The topological polar surface area (TPSA) is 28.4 Å². The average Bonchev–Trinajstić information content (AvgIpc) is 2.82. The Morgan fingerprint density at radius 2 is 2.10 bits per heavy atom. The molecule has 3 nitrogen and oxygen atoms in total. The minimum Gasteiger partial charge on any atom is -0.396 e. The molecule has 1 aromatic carbocycles. The molecular weight excluding hydrogens is 260 g/mol. The molecule has 3 heterocycles. The summed E-state index contributed by atoms with van der Waals surface area (Å²) >= 11 is 0. The lowest BCUT2D eigenvalue weighted by Gasteiger charge is -2.50. The van der Waals surface area contributed by atoms with Gasteiger partial charge in [0.25, 0.3) is 0 Å². The molecule has 1 fully saturated rings. The lowest BCUT2D eigenvalue weighted by atomic mass is 9.76. The highest BCUT2D eigenvalue weighted by molar-refractivity contribution is 5.87. The van der Waals surface area contributed by atoms with Crippen LogP contribution in [0.3, 0.4) is 0 Å². The van der Waals surface area contributed by atoms with E-state index in [4.69, 9.17) is 0 Å². The summed E-state index contributed by atoms with van der Waals surface area (Å²) in [6, 6.07) is 8.66. The van der Waals surface area contributed by atoms with Gasteiger partial charge in [0.05, 0.1) is 12.1 Å². The molecule has 0 aliphatic carbocycles. The third kappa shape index (κ3) is 1.68. The number of fused-ring (bicyclic) bond motifs is 5. The van der Waals surface area contributed by atoms with Gasteiger partial charge in [0, 0.05) is 36.1 Å². The molecule has 1 saturated heterocycles. The zero-order valence-corrected chi connectivity index (χ0v) is 13.0. The predicted octanol–water partition coefficient (Wildman–Crippen LogP) is 2.97. The first-order valence-electron chi connectivity index (χ1n) is 8.10. The van der Waals surface area contributed by atoms with Gasteiger partial charge in [-0.1, -0.05) is 18.2 Å². The van der Waals surface area contributed by atoms with Crippen LogP contribution >= 0.6 is 0 Å². The fraction of sp³-hybridized carbons (Fsp3) is 0.556. The summed E-state index contributed by atoms with van der Waals surface area (Å²) in [4.78, 5) is 2.61. The number of para-hydroxylation sites is 1. The molecule has 0 spiro atoms. The van der Waals surface area contributed by atoms with Gasteiger partial charge in [0.1, 0.15) is 0 Å². The maximum absolute atomic E-state index is 9.94. The molecule has 4 rings (SSSR count). The Morgan fingerprint density at radius 1 is 1.29 bits per heavy atom. The maximum Gasteiger partial charge on any atom is 0.0588 e. The predicted molar refractivity (Wildman–Crippen MR) is 85.5 cm³/mol. The van der Waals surface area contributed by atoms with Crippen LogP contribution in [0.1, 0.15) is 43.4 Å². The summed E-state index contributed by atoms with van der Waals surface area (Å²) in [5.74, 6) is 0.247. The lowest BCUT2D eigenvalue weighted by Crippen LogP contribution is -2.53. The van der Waals surface area contributed by atoms with E-state index < -0.39 is 0 Å². The van der Waals surface area contributed by atoms with E-state index in [0.717, 1.165) is 13.1 Å². The number of aliphatic hydroxyl groups is 1. The third-order valence-corrected chi connectivity index (χ3v) is 5.77. The summed E-state index contributed by atoms with van der Waals surface area (Å²) < 4.78 is 2.38. The van der Waals surface area contributed by atoms with E-state index in [1.807, 2.05) is 0 Å². The fourth-order valence-electron chi connectivity index (χ4n) is 4.73. The van der Waals surface area contributed by atoms with Gasteiger partial charge in [0.15, 0.2) is 0 Å². The Balaban J connectivity index is 2.04. The van der Waals surface area contributed by atoms with Crippen LogP contribution in [0.4, 0.5) is 0 Å². The molecule has 21 heavy (non-hydrogen) atoms. The normalized spacial score (nSPS) is 29.4. The zero-order chi connectivity index (χ0) is 14.6. The number of aliphatic hydroxyl groups excluding tert-OH is 1. The van der Waals surface area contributed by atoms with Crippen LogP contribution in [-0.2, 0) is 12.6 Å². The first-order valence-corrected chi connectivity index (χ1v) is 8.10. The molecule has 112 valence electrons. The minimum absolute atomic E-state index is 0.132. The number of nitrogens with zero attached hydrogens (tertiary/aromatic N) is 2. The summed E-state index contributed by atoms with van der Waals surface area (Å²) in [6.45, 7) is 4.80. The molecular formula is C18H24N2O. The van der Waals surface area contributed by atoms with Gasteiger partial charge in [-0.05, 0) is 44.4 Å². The smallest absolute Gasteiger partial charge is 0.0588 e. The number of benzene rings is 1. The van der Waals surface area contributed by atoms with Crippen molar-refractivity contribution in [3.63, 3.8) is 0 Å². The molecule has 0 saturated carbocycles. The van der Waals surface area contributed by atoms with Crippen LogP contribution in [-0.4, -0.2) is 34.3 Å². The van der Waals surface area contributed by atoms with Crippen molar-refractivity contribution in [1.82, 2.24) is 9.47 Å². The lowest BCUT2D eigenvalue weighted by molar-refractivity contribution is 0.0256. The first-order chi connectivity index (χ1) is 10.2. The highest BCUT2D eigenvalue weighted by Gasteiger charge is 2.46. The SMILES string of the molecule is Cn1c2c(c3ccccc31)C(CO)CN1CCCC[C@@]21C. The highest BCUT2D eigenvalue weighted by atomic mass is 16.3. The van der Waals surface area contributed by atoms with Gasteiger partial charge in [-0.2, -0.15) is 0 Å². The third-order valence-electron chi connectivity index (χ3n) is 5.77. The van der Waals surface area contributed by atoms with E-state index in [1.165, 1.54) is 41.4 Å². The Hall–Kier alpha value is -1.32. The second-order valence-corrected chi connectivity index (χ2v) is 6.89. The Bertz CT molecular complexity index is 690. The number of hydrogen-bond donors (Lipinski definition) is 1. The zero-order valence-electron chi connectivity index (χ0n) is 13.0. The molecule has 3 heteroatoms. The summed E-state index contributed by atoms with van der Waals surface area (Å²) in [5.41, 5.74) is 4.27. The first kappa shape index (κ1) is 13.4. The van der Waals surface area contributed by atoms with Crippen LogP contribution in [0.15, 0.2) is 24.3 Å². The molecule has 2 aromatic rings. The molecule has 1 aromatic heterocycles. The quantitative estimate of drug-likeness (QED) is 0.872. The standard InChI is InChI=1S/C18H24N2O/c1-18-9-5-6-10-20(18)11-13(12-21)16-14-7-3-4-8-15(14)19(2)17(16)18/h3-4,7-8,13,21H,5-6,9-12H2,1-2H3/t13?,18-/m0/s1. The molecule has 1 N–H and O–H groups in total. The minimum atomic E-state index is 0.132. The van der Waals surface area contributed by atoms with Gasteiger partial charge in [-0.15, -0.1) is 0 Å². The van der Waals surface area contributed by atoms with Gasteiger partial charge in [-0.3, -0.25) is 4.90 Å². The van der Waals surface area contributed by atoms with Gasteiger partial charge < -0.3 is 9.67 Å². The molecule has 0 amide bonds. The van der Waals surface area contributed by atoms with Crippen LogP contribution in [0, 0.1) is 0 Å². The van der Waals surface area contributed by atoms with Gasteiger partial charge in [-0.25, -0.2) is 0 Å². The van der Waals surface area contributed by atoms with Crippen LogP contribution in [0.2, 0.25) is 0 Å². The van der Waals surface area contributed by atoms with Crippen LogP contribution in [0.25, 0.3) is 10.9 Å². The maximum atomic E-state index is 9.94. The molecule has 0 bridgehead atoms. The van der Waals surface area contributed by atoms with Gasteiger partial charge >= 0.3 is 0 Å². The van der Waals surface area contributed by atoms with Crippen molar-refractivity contribution in [2.75, 3.05) is 19.7 Å². The van der Waals surface area contributed by atoms with Crippen molar-refractivity contribution in [3.8, 4) is 0 Å². The Labute approximate surface area is 126 Å². The van der Waals surface area contributed by atoms with E-state index >= 15 is 0 Å². The number of aryl methyl sites for hydroxylation is 1. The summed E-state index contributed by atoms with van der Waals surface area (Å²) in [6.07, 6.45) is 3.81. The average molecular weight is 284 g/mol. The second kappa shape index (κ2) is 4.59. The number of rotatable bonds is 1. The van der Waals surface area contributed by atoms with E-state index in [1.54, 1.807) is 0 Å². The van der Waals surface area contributed by atoms with Crippen molar-refractivity contribution in [1.29, 1.82) is 0 Å². The number of piperidine rings is 1. The van der Waals surface area contributed by atoms with E-state index in [-0.39, 0.29) is 18.1 Å². The number of aromatic nitrogens is 1. The largest absolute Gasteiger partial charge is 0.396 e. The van der Waals surface area contributed by atoms with E-state index in [2.05, 4.69) is 47.7 Å². The van der Waals surface area contributed by atoms with Crippen molar-refractivity contribution in [2.24, 2.45) is 7.05 Å². The Morgan fingerprint density at radius 3 is 2.90 bits per heavy atom. The van der Waals surface area contributed by atoms with Crippen molar-refractivity contribution in [3.05, 3.63) is 35.5 Å². The van der Waals surface area contributed by atoms with Crippen molar-refractivity contribution in [2.45, 2.75) is 37.6 Å². The van der Waals surface area contributed by atoms with Crippen molar-refractivity contribution < 1.29 is 5.11 Å². The highest BCUT2D eigenvalue weighted by Crippen LogP contribution is 2.48. The summed E-state index contributed by atoms with van der Waals surface area (Å²) in [5, 5.41) is 11.3.